The van der Waals surface area contributed by atoms with Gasteiger partial charge in [0.1, 0.15) is 5.82 Å². The zero-order valence-electron chi connectivity index (χ0n) is 8.23. The van der Waals surface area contributed by atoms with Gasteiger partial charge in [0.05, 0.1) is 11.3 Å². The van der Waals surface area contributed by atoms with Crippen LogP contribution < -0.4 is 0 Å². The van der Waals surface area contributed by atoms with Crippen molar-refractivity contribution in [2.75, 3.05) is 12.5 Å². The highest BCUT2D eigenvalue weighted by molar-refractivity contribution is 7.92. The number of hydrogen-bond acceptors (Lipinski definition) is 3. The summed E-state index contributed by atoms with van der Waals surface area (Å²) in [5, 5.41) is 8.56. The fraction of sp³-hybridized carbons (Fsp3) is 0.222. The summed E-state index contributed by atoms with van der Waals surface area (Å²) in [6.07, 6.45) is 2.83. The summed E-state index contributed by atoms with van der Waals surface area (Å²) in [5.74, 6) is -2.22. The molecule has 4 nitrogen and oxygen atoms in total. The molecule has 0 fully saturated rings. The number of rotatable bonds is 2. The lowest BCUT2D eigenvalue weighted by Gasteiger charge is -1.99. The Hall–Kier alpha value is -1.43. The first-order valence-electron chi connectivity index (χ1n) is 3.99. The van der Waals surface area contributed by atoms with Crippen LogP contribution >= 0.6 is 0 Å². The van der Waals surface area contributed by atoms with Crippen molar-refractivity contribution in [2.24, 2.45) is 4.36 Å². The van der Waals surface area contributed by atoms with Crippen LogP contribution in [-0.4, -0.2) is 27.8 Å². The maximum Gasteiger partial charge on any atom is 0.338 e. The van der Waals surface area contributed by atoms with E-state index < -0.39 is 27.1 Å². The molecule has 0 aromatic heterocycles. The Labute approximate surface area is 86.9 Å². The number of aromatic carboxylic acids is 1. The lowest BCUT2D eigenvalue weighted by atomic mass is 10.2. The lowest BCUT2D eigenvalue weighted by molar-refractivity contribution is 0.0692. The molecular weight excluding hydrogens is 221 g/mol. The Bertz CT molecular complexity index is 510. The van der Waals surface area contributed by atoms with Crippen LogP contribution in [0.25, 0.3) is 0 Å². The van der Waals surface area contributed by atoms with E-state index in [1.165, 1.54) is 18.6 Å². The molecule has 0 aliphatic carbocycles. The molecule has 0 saturated heterocycles. The first-order valence-corrected chi connectivity index (χ1v) is 6.33. The van der Waals surface area contributed by atoms with Gasteiger partial charge in [0.25, 0.3) is 0 Å². The van der Waals surface area contributed by atoms with E-state index >= 15 is 0 Å². The largest absolute Gasteiger partial charge is 0.478 e. The van der Waals surface area contributed by atoms with Gasteiger partial charge >= 0.3 is 5.97 Å². The van der Waals surface area contributed by atoms with Gasteiger partial charge in [0.15, 0.2) is 0 Å². The van der Waals surface area contributed by atoms with Gasteiger partial charge in [0.2, 0.25) is 0 Å². The molecule has 0 aliphatic rings. The van der Waals surface area contributed by atoms with Crippen molar-refractivity contribution in [2.45, 2.75) is 0 Å². The van der Waals surface area contributed by atoms with Crippen LogP contribution in [0.2, 0.25) is 0 Å². The summed E-state index contributed by atoms with van der Waals surface area (Å²) in [7, 11) is -2.37. The number of hydrogen-bond donors (Lipinski definition) is 1. The van der Waals surface area contributed by atoms with E-state index in [0.717, 1.165) is 12.1 Å². The maximum atomic E-state index is 13.1. The third kappa shape index (κ3) is 3.32. The van der Waals surface area contributed by atoms with Crippen LogP contribution in [0, 0.1) is 5.82 Å². The zero-order valence-corrected chi connectivity index (χ0v) is 9.05. The summed E-state index contributed by atoms with van der Waals surface area (Å²) in [4.78, 5) is 10.5. The zero-order chi connectivity index (χ0) is 11.6. The first kappa shape index (κ1) is 11.6. The van der Waals surface area contributed by atoms with E-state index in [1.54, 1.807) is 0 Å². The number of carboxylic acids is 1. The topological polar surface area (TPSA) is 66.7 Å². The van der Waals surface area contributed by atoms with Gasteiger partial charge in [-0.1, -0.05) is 0 Å². The quantitative estimate of drug-likeness (QED) is 0.845. The van der Waals surface area contributed by atoms with Crippen molar-refractivity contribution in [3.63, 3.8) is 0 Å². The van der Waals surface area contributed by atoms with Crippen LogP contribution in [0.5, 0.6) is 0 Å². The Balaban J connectivity index is 3.25. The van der Waals surface area contributed by atoms with Crippen molar-refractivity contribution in [1.82, 2.24) is 0 Å². The van der Waals surface area contributed by atoms with Crippen LogP contribution in [0.4, 0.5) is 10.1 Å². The normalized spacial score (nSPS) is 11.1. The van der Waals surface area contributed by atoms with E-state index in [0.29, 0.717) is 0 Å². The number of halogens is 1. The number of nitrogens with zero attached hydrogens (tertiary/aromatic N) is 1. The molecule has 0 amide bonds. The number of benzene rings is 1. The molecule has 0 atom stereocenters. The predicted octanol–water partition coefficient (Wildman–Crippen LogP) is 1.88. The summed E-state index contributed by atoms with van der Waals surface area (Å²) in [6.45, 7) is 0. The van der Waals surface area contributed by atoms with E-state index in [4.69, 9.17) is 5.11 Å². The van der Waals surface area contributed by atoms with Gasteiger partial charge in [-0.15, -0.1) is 0 Å². The second kappa shape index (κ2) is 3.98. The minimum Gasteiger partial charge on any atom is -0.478 e. The van der Waals surface area contributed by atoms with Crippen molar-refractivity contribution < 1.29 is 18.5 Å². The highest BCUT2D eigenvalue weighted by atomic mass is 32.2. The number of carboxylic acid groups (broad SMARTS) is 1. The van der Waals surface area contributed by atoms with Gasteiger partial charge < -0.3 is 5.11 Å². The molecule has 0 heterocycles. The predicted molar refractivity (Wildman–Crippen MR) is 55.4 cm³/mol. The van der Waals surface area contributed by atoms with E-state index in [-0.39, 0.29) is 5.69 Å². The van der Waals surface area contributed by atoms with Gasteiger partial charge in [-0.05, 0) is 12.1 Å². The van der Waals surface area contributed by atoms with Gasteiger partial charge in [-0.3, -0.25) is 0 Å². The summed E-state index contributed by atoms with van der Waals surface area (Å²) in [6, 6.07) is 3.37. The van der Waals surface area contributed by atoms with Crippen LogP contribution in [0.15, 0.2) is 22.6 Å². The minimum atomic E-state index is -2.37. The second-order valence-electron chi connectivity index (χ2n) is 3.24. The third-order valence-electron chi connectivity index (χ3n) is 1.51. The monoisotopic (exact) mass is 231 g/mol. The molecule has 1 rings (SSSR count). The molecule has 0 bridgehead atoms. The molecule has 0 unspecified atom stereocenters. The third-order valence-corrected chi connectivity index (χ3v) is 2.16. The molecule has 0 aliphatic heterocycles. The standard InChI is InChI=1S/C9H10FNO3S/c1-15(2,14)11-6-3-4-7(9(12)13)8(10)5-6/h3-5H,1-2H3,(H,12,13). The average Bonchev–Trinajstić information content (AvgIpc) is 1.99. The molecule has 15 heavy (non-hydrogen) atoms. The van der Waals surface area contributed by atoms with Gasteiger partial charge in [0, 0.05) is 28.3 Å². The van der Waals surface area contributed by atoms with Crippen molar-refractivity contribution in [3.05, 3.63) is 29.6 Å². The fourth-order valence-corrected chi connectivity index (χ4v) is 1.61. The number of carbonyl (C=O) groups is 1. The fourth-order valence-electron chi connectivity index (χ4n) is 0.988. The molecule has 82 valence electrons. The summed E-state index contributed by atoms with van der Waals surface area (Å²) in [5.41, 5.74) is -0.250. The Morgan fingerprint density at radius 1 is 1.47 bits per heavy atom. The molecule has 0 saturated carbocycles. The summed E-state index contributed by atoms with van der Waals surface area (Å²) < 4.78 is 28.2. The average molecular weight is 231 g/mol. The van der Waals surface area contributed by atoms with Crippen LogP contribution in [0.1, 0.15) is 10.4 Å². The van der Waals surface area contributed by atoms with Crippen molar-refractivity contribution >= 4 is 21.4 Å². The maximum absolute atomic E-state index is 13.1. The van der Waals surface area contributed by atoms with Crippen LogP contribution in [0.3, 0.4) is 0 Å². The molecule has 6 heteroatoms. The summed E-state index contributed by atoms with van der Waals surface area (Å²) >= 11 is 0. The van der Waals surface area contributed by atoms with Gasteiger partial charge in [-0.2, -0.15) is 4.36 Å². The highest BCUT2D eigenvalue weighted by Gasteiger charge is 2.10. The second-order valence-corrected chi connectivity index (χ2v) is 5.79. The SMILES string of the molecule is CS(C)(=O)=Nc1ccc(C(=O)O)c(F)c1. The Morgan fingerprint density at radius 3 is 2.47 bits per heavy atom. The Kier molecular flexibility index (Phi) is 3.09. The van der Waals surface area contributed by atoms with E-state index in [2.05, 4.69) is 4.36 Å². The molecule has 0 spiro atoms. The smallest absolute Gasteiger partial charge is 0.338 e. The van der Waals surface area contributed by atoms with Crippen LogP contribution in [-0.2, 0) is 9.73 Å². The molecule has 1 aromatic carbocycles. The van der Waals surface area contributed by atoms with Crippen molar-refractivity contribution in [3.8, 4) is 0 Å². The van der Waals surface area contributed by atoms with E-state index in [1.807, 2.05) is 0 Å². The van der Waals surface area contributed by atoms with Gasteiger partial charge in [-0.25, -0.2) is 13.4 Å². The molecule has 1 N–H and O–H groups in total. The molecule has 0 radical (unpaired) electrons. The lowest BCUT2D eigenvalue weighted by Crippen LogP contribution is -1.99. The molecular formula is C9H10FNO3S. The first-order chi connectivity index (χ1) is 6.79. The van der Waals surface area contributed by atoms with E-state index in [9.17, 15) is 13.4 Å². The minimum absolute atomic E-state index is 0.174. The molecule has 1 aromatic rings. The highest BCUT2D eigenvalue weighted by Crippen LogP contribution is 2.18. The Morgan fingerprint density at radius 2 is 2.07 bits per heavy atom. The van der Waals surface area contributed by atoms with Crippen molar-refractivity contribution in [1.29, 1.82) is 0 Å².